The summed E-state index contributed by atoms with van der Waals surface area (Å²) in [6.07, 6.45) is 40.2. The maximum absolute atomic E-state index is 12.8. The molecule has 0 spiro atoms. The van der Waals surface area contributed by atoms with Crippen molar-refractivity contribution in [3.63, 3.8) is 0 Å². The molecule has 0 aromatic rings. The van der Waals surface area contributed by atoms with Crippen molar-refractivity contribution in [1.82, 2.24) is 9.80 Å². The molecule has 1 unspecified atom stereocenters. The summed E-state index contributed by atoms with van der Waals surface area (Å²) < 4.78 is 12.0. The summed E-state index contributed by atoms with van der Waals surface area (Å²) in [5, 5.41) is 0. The maximum Gasteiger partial charge on any atom is 0.306 e. The fourth-order valence-corrected chi connectivity index (χ4v) is 7.98. The number of rotatable bonds is 45. The molecule has 0 aliphatic rings. The van der Waals surface area contributed by atoms with Gasteiger partial charge in [-0.05, 0) is 96.8 Å². The van der Waals surface area contributed by atoms with Crippen LogP contribution in [-0.4, -0.2) is 73.2 Å². The highest BCUT2D eigenvalue weighted by Crippen LogP contribution is 2.19. The normalized spacial score (nSPS) is 12.3. The van der Waals surface area contributed by atoms with Crippen LogP contribution in [-0.2, 0) is 19.1 Å². The molecule has 0 aliphatic heterocycles. The first kappa shape index (κ1) is 54.9. The molecule has 334 valence electrons. The van der Waals surface area contributed by atoms with Gasteiger partial charge in [0.2, 0.25) is 0 Å². The Morgan fingerprint density at radius 2 is 0.679 bits per heavy atom. The monoisotopic (exact) mass is 793 g/mol. The lowest BCUT2D eigenvalue weighted by molar-refractivity contribution is -0.150. The lowest BCUT2D eigenvalue weighted by atomic mass is 10.0. The summed E-state index contributed by atoms with van der Waals surface area (Å²) in [6.45, 7) is 20.2. The number of esters is 2. The number of carbonyl (C=O) groups excluding carboxylic acids is 2. The van der Waals surface area contributed by atoms with E-state index in [2.05, 4.69) is 51.3 Å². The zero-order chi connectivity index (χ0) is 41.2. The van der Waals surface area contributed by atoms with E-state index in [4.69, 9.17) is 9.47 Å². The van der Waals surface area contributed by atoms with Crippen molar-refractivity contribution in [2.75, 3.05) is 39.3 Å². The Morgan fingerprint density at radius 1 is 0.357 bits per heavy atom. The molecule has 1 atom stereocenters. The number of nitrogens with zero attached hydrogens (tertiary/aromatic N) is 2. The van der Waals surface area contributed by atoms with E-state index in [1.54, 1.807) is 0 Å². The third-order valence-corrected chi connectivity index (χ3v) is 12.0. The molecule has 0 aliphatic carbocycles. The molecule has 0 aromatic carbocycles. The summed E-state index contributed by atoms with van der Waals surface area (Å²) >= 11 is 0. The molecular formula is C50H100N2O4. The summed E-state index contributed by atoms with van der Waals surface area (Å²) in [5.41, 5.74) is 0. The first-order valence-corrected chi connectivity index (χ1v) is 25.3. The van der Waals surface area contributed by atoms with Crippen molar-refractivity contribution in [3.8, 4) is 0 Å². The van der Waals surface area contributed by atoms with Crippen molar-refractivity contribution in [2.24, 2.45) is 0 Å². The van der Waals surface area contributed by atoms with Gasteiger partial charge in [0.15, 0.2) is 0 Å². The van der Waals surface area contributed by atoms with Crippen LogP contribution in [0.1, 0.15) is 260 Å². The van der Waals surface area contributed by atoms with E-state index >= 15 is 0 Å². The summed E-state index contributed by atoms with van der Waals surface area (Å²) in [7, 11) is 0. The minimum atomic E-state index is 0.00391. The molecule has 6 heteroatoms. The van der Waals surface area contributed by atoms with Gasteiger partial charge in [0.05, 0.1) is 0 Å². The van der Waals surface area contributed by atoms with Gasteiger partial charge < -0.3 is 19.3 Å². The molecule has 0 saturated heterocycles. The second-order valence-corrected chi connectivity index (χ2v) is 17.2. The Balaban J connectivity index is 4.41. The highest BCUT2D eigenvalue weighted by molar-refractivity contribution is 5.69. The van der Waals surface area contributed by atoms with Gasteiger partial charge in [-0.3, -0.25) is 9.59 Å². The van der Waals surface area contributed by atoms with Crippen LogP contribution < -0.4 is 0 Å². The molecule has 0 saturated carbocycles. The fraction of sp³-hybridized carbons (Fsp3) is 0.960. The predicted molar refractivity (Wildman–Crippen MR) is 244 cm³/mol. The van der Waals surface area contributed by atoms with Crippen molar-refractivity contribution >= 4 is 11.9 Å². The number of hydrogen-bond acceptors (Lipinski definition) is 6. The largest absolute Gasteiger partial charge is 0.462 e. The van der Waals surface area contributed by atoms with E-state index in [1.807, 2.05) is 0 Å². The van der Waals surface area contributed by atoms with E-state index < -0.39 is 0 Å². The van der Waals surface area contributed by atoms with Crippen LogP contribution in [0.3, 0.4) is 0 Å². The van der Waals surface area contributed by atoms with Gasteiger partial charge >= 0.3 is 11.9 Å². The minimum absolute atomic E-state index is 0.00391. The van der Waals surface area contributed by atoms with Gasteiger partial charge in [-0.15, -0.1) is 0 Å². The Bertz CT molecular complexity index is 803. The van der Waals surface area contributed by atoms with E-state index in [1.165, 1.54) is 148 Å². The Labute approximate surface area is 351 Å². The molecule has 0 fully saturated rings. The Kier molecular flexibility index (Phi) is 42.6. The average Bonchev–Trinajstić information content (AvgIpc) is 3.20. The SMILES string of the molecule is CCCCCCCCCCC(CC)OC(=O)CCCCCN(CCCCCCCC(=O)OC(CCCCCCCC)CCCCCCCC)CCN(CC)CC. The molecule has 0 aromatic heterocycles. The predicted octanol–water partition coefficient (Wildman–Crippen LogP) is 14.8. The van der Waals surface area contributed by atoms with Crippen LogP contribution in [0.15, 0.2) is 0 Å². The van der Waals surface area contributed by atoms with E-state index in [0.717, 1.165) is 97.1 Å². The number of hydrogen-bond donors (Lipinski definition) is 0. The second kappa shape index (κ2) is 43.4. The van der Waals surface area contributed by atoms with Crippen LogP contribution in [0.4, 0.5) is 0 Å². The molecule has 6 nitrogen and oxygen atoms in total. The van der Waals surface area contributed by atoms with Crippen LogP contribution in [0.5, 0.6) is 0 Å². The van der Waals surface area contributed by atoms with Crippen LogP contribution in [0.2, 0.25) is 0 Å². The summed E-state index contributed by atoms with van der Waals surface area (Å²) in [5.74, 6) is 0.0380. The molecule has 0 radical (unpaired) electrons. The minimum Gasteiger partial charge on any atom is -0.462 e. The van der Waals surface area contributed by atoms with E-state index in [0.29, 0.717) is 12.8 Å². The highest BCUT2D eigenvalue weighted by Gasteiger charge is 2.15. The van der Waals surface area contributed by atoms with Crippen molar-refractivity contribution in [1.29, 1.82) is 0 Å². The fourth-order valence-electron chi connectivity index (χ4n) is 7.98. The smallest absolute Gasteiger partial charge is 0.306 e. The quantitative estimate of drug-likeness (QED) is 0.0452. The van der Waals surface area contributed by atoms with Gasteiger partial charge in [-0.25, -0.2) is 0 Å². The van der Waals surface area contributed by atoms with Crippen molar-refractivity contribution in [2.45, 2.75) is 272 Å². The van der Waals surface area contributed by atoms with Gasteiger partial charge in [-0.2, -0.15) is 0 Å². The maximum atomic E-state index is 12.8. The highest BCUT2D eigenvalue weighted by atomic mass is 16.5. The van der Waals surface area contributed by atoms with Gasteiger partial charge in [0, 0.05) is 25.9 Å². The molecule has 0 amide bonds. The van der Waals surface area contributed by atoms with Gasteiger partial charge in [0.25, 0.3) is 0 Å². The second-order valence-electron chi connectivity index (χ2n) is 17.2. The third-order valence-electron chi connectivity index (χ3n) is 12.0. The number of likely N-dealkylation sites (N-methyl/N-ethyl adjacent to an activating group) is 1. The Hall–Kier alpha value is -1.14. The lowest BCUT2D eigenvalue weighted by Crippen LogP contribution is -2.36. The molecule has 0 heterocycles. The zero-order valence-corrected chi connectivity index (χ0v) is 39.0. The first-order valence-electron chi connectivity index (χ1n) is 25.3. The summed E-state index contributed by atoms with van der Waals surface area (Å²) in [4.78, 5) is 30.6. The topological polar surface area (TPSA) is 59.1 Å². The third kappa shape index (κ3) is 37.2. The number of unbranched alkanes of at least 4 members (excludes halogenated alkanes) is 23. The standard InChI is InChI=1S/C50H100N2O4/c1-7-13-16-19-22-23-27-31-38-47(10-4)55-49(53)42-35-30-37-44-52(46-45-51(11-5)12-6)43-36-29-24-28-34-41-50(54)56-48(39-32-25-20-17-14-8-2)40-33-26-21-18-15-9-3/h47-48H,7-46H2,1-6H3. The van der Waals surface area contributed by atoms with Gasteiger partial charge in [-0.1, -0.05) is 176 Å². The number of carbonyl (C=O) groups is 2. The molecule has 0 rings (SSSR count). The Morgan fingerprint density at radius 3 is 1.09 bits per heavy atom. The summed E-state index contributed by atoms with van der Waals surface area (Å²) in [6, 6.07) is 0. The van der Waals surface area contributed by atoms with Crippen LogP contribution >= 0.6 is 0 Å². The van der Waals surface area contributed by atoms with Crippen molar-refractivity contribution < 1.29 is 19.1 Å². The first-order chi connectivity index (χ1) is 27.4. The molecule has 56 heavy (non-hydrogen) atoms. The van der Waals surface area contributed by atoms with Crippen LogP contribution in [0, 0.1) is 0 Å². The van der Waals surface area contributed by atoms with Gasteiger partial charge in [0.1, 0.15) is 12.2 Å². The zero-order valence-electron chi connectivity index (χ0n) is 39.0. The van der Waals surface area contributed by atoms with Crippen LogP contribution in [0.25, 0.3) is 0 Å². The van der Waals surface area contributed by atoms with Crippen molar-refractivity contribution in [3.05, 3.63) is 0 Å². The average molecular weight is 793 g/mol. The number of ether oxygens (including phenoxy) is 2. The lowest BCUT2D eigenvalue weighted by Gasteiger charge is -2.26. The molecule has 0 N–H and O–H groups in total. The van der Waals surface area contributed by atoms with E-state index in [9.17, 15) is 9.59 Å². The van der Waals surface area contributed by atoms with E-state index in [-0.39, 0.29) is 24.1 Å². The molecular weight excluding hydrogens is 693 g/mol. The molecule has 0 bridgehead atoms.